The second kappa shape index (κ2) is 19.3. The molecule has 20 nitrogen and oxygen atoms in total. The number of carboxylic acid groups (broad SMARTS) is 2. The molecule has 0 aliphatic carbocycles. The average molecular weight is 687 g/mol. The van der Waals surface area contributed by atoms with Crippen molar-refractivity contribution >= 4 is 30.0 Å². The van der Waals surface area contributed by atoms with E-state index in [1.165, 1.54) is 0 Å². The van der Waals surface area contributed by atoms with E-state index in [-0.39, 0.29) is 65.4 Å². The van der Waals surface area contributed by atoms with E-state index >= 15 is 0 Å². The van der Waals surface area contributed by atoms with Crippen LogP contribution in [0.25, 0.3) is 0 Å². The molecule has 252 valence electrons. The summed E-state index contributed by atoms with van der Waals surface area (Å²) in [6.45, 7) is -1.32. The zero-order valence-electron chi connectivity index (χ0n) is 25.5. The van der Waals surface area contributed by atoms with Gasteiger partial charge in [-0.1, -0.05) is 0 Å². The number of rotatable bonds is 15. The Bertz CT molecular complexity index is 1080. The fraction of sp³-hybridized carbons (Fsp3) is 0.792. The van der Waals surface area contributed by atoms with Gasteiger partial charge in [0.2, 0.25) is 0 Å². The largest absolute Gasteiger partial charge is 1.00 e. The van der Waals surface area contributed by atoms with E-state index in [4.69, 9.17) is 18.9 Å². The van der Waals surface area contributed by atoms with Crippen LogP contribution in [0.1, 0.15) is 26.7 Å². The molecule has 0 aromatic carbocycles. The Kier molecular flexibility index (Phi) is 19.0. The fourth-order valence-corrected chi connectivity index (χ4v) is 4.91. The number of carbonyl (C=O) groups excluding carboxylic acids is 1. The van der Waals surface area contributed by atoms with Gasteiger partial charge in [0.15, 0.2) is 0 Å². The number of nitrogens with zero attached hydrogens (tertiary/aromatic N) is 2. The number of hydrogen-bond donors (Lipinski definition) is 9. The van der Waals surface area contributed by atoms with Crippen molar-refractivity contribution in [3.05, 3.63) is 0 Å². The maximum atomic E-state index is 12.5. The minimum atomic E-state index is -3.09. The summed E-state index contributed by atoms with van der Waals surface area (Å²) in [5.74, 6) is -11.6. The van der Waals surface area contributed by atoms with Crippen molar-refractivity contribution in [3.8, 4) is 0 Å². The maximum Gasteiger partial charge on any atom is 1.00 e. The molecule has 0 saturated carbocycles. The first-order valence-corrected chi connectivity index (χ1v) is 13.1. The molecule has 2 rings (SSSR count). The van der Waals surface area contributed by atoms with Gasteiger partial charge in [0.25, 0.3) is 11.6 Å². The Morgan fingerprint density at radius 2 is 1.30 bits per heavy atom. The van der Waals surface area contributed by atoms with Crippen LogP contribution in [0.2, 0.25) is 0 Å². The molecule has 12 atom stereocenters. The first-order chi connectivity index (χ1) is 20.5. The van der Waals surface area contributed by atoms with Gasteiger partial charge >= 0.3 is 71.1 Å². The Labute approximate surface area is 305 Å². The Morgan fingerprint density at radius 3 is 1.70 bits per heavy atom. The van der Waals surface area contributed by atoms with Crippen LogP contribution in [0.15, 0.2) is 9.98 Å². The van der Waals surface area contributed by atoms with E-state index in [0.29, 0.717) is 0 Å². The predicted octanol–water partition coefficient (Wildman–Crippen LogP) is -13.2. The van der Waals surface area contributed by atoms with E-state index < -0.39 is 129 Å². The van der Waals surface area contributed by atoms with Crippen molar-refractivity contribution in [3.63, 3.8) is 0 Å². The first-order valence-electron chi connectivity index (χ1n) is 13.1. The fourth-order valence-electron chi connectivity index (χ4n) is 4.91. The number of aliphatic hydroxyl groups is 7. The molecular formula is C24H36N2Na2O18. The number of aldehydes is 1. The van der Waals surface area contributed by atoms with Gasteiger partial charge in [0.1, 0.15) is 61.6 Å². The normalized spacial score (nSPS) is 34.6. The molecule has 2 fully saturated rings. The predicted molar refractivity (Wildman–Crippen MR) is 135 cm³/mol. The molecule has 2 saturated heterocycles. The van der Waals surface area contributed by atoms with E-state index in [1.54, 1.807) is 0 Å². The number of carbonyl (C=O) groups is 3. The molecule has 22 heteroatoms. The molecular weight excluding hydrogens is 650 g/mol. The summed E-state index contributed by atoms with van der Waals surface area (Å²) in [4.78, 5) is 42.6. The minimum absolute atomic E-state index is 0. The second-order valence-electron chi connectivity index (χ2n) is 10.1. The van der Waals surface area contributed by atoms with Gasteiger partial charge in [-0.25, -0.2) is 9.59 Å². The summed E-state index contributed by atoms with van der Waals surface area (Å²) >= 11 is 0. The molecule has 0 aromatic heterocycles. The van der Waals surface area contributed by atoms with Crippen LogP contribution in [0.4, 0.5) is 0 Å². The number of hydrogen-bond acceptors (Lipinski definition) is 18. The number of ether oxygens (including phenoxy) is 4. The molecule has 0 bridgehead atoms. The molecule has 0 unspecified atom stereocenters. The minimum Gasteiger partial charge on any atom is -0.862 e. The van der Waals surface area contributed by atoms with Crippen LogP contribution in [0.3, 0.4) is 0 Å². The third-order valence-corrected chi connectivity index (χ3v) is 6.93. The quantitative estimate of drug-likeness (QED) is 0.0334. The van der Waals surface area contributed by atoms with E-state index in [2.05, 4.69) is 9.98 Å². The third kappa shape index (κ3) is 10.6. The molecule has 0 spiro atoms. The number of aliphatic hydroxyl groups excluding tert-OH is 7. The topological polar surface area (TPSA) is 341 Å². The van der Waals surface area contributed by atoms with Crippen LogP contribution >= 0.6 is 0 Å². The first kappa shape index (κ1) is 45.1. The Hall–Kier alpha value is -0.890. The van der Waals surface area contributed by atoms with E-state index in [0.717, 1.165) is 13.8 Å². The number of aliphatic carboxylic acids is 2. The molecule has 0 aromatic rings. The molecule has 0 amide bonds. The average Bonchev–Trinajstić information content (AvgIpc) is 2.95. The van der Waals surface area contributed by atoms with Crippen LogP contribution in [-0.4, -0.2) is 168 Å². The maximum absolute atomic E-state index is 12.5. The van der Waals surface area contributed by atoms with E-state index in [1.807, 2.05) is 0 Å². The molecule has 9 N–H and O–H groups in total. The second-order valence-corrected chi connectivity index (χ2v) is 10.1. The van der Waals surface area contributed by atoms with Crippen molar-refractivity contribution in [2.75, 3.05) is 19.8 Å². The van der Waals surface area contributed by atoms with Gasteiger partial charge < -0.3 is 79.9 Å². The Balaban J connectivity index is 0.0000101. The summed E-state index contributed by atoms with van der Waals surface area (Å²) in [6.07, 6.45) is -18.5. The van der Waals surface area contributed by atoms with Crippen LogP contribution in [0, 0.1) is 0 Å². The summed E-state index contributed by atoms with van der Waals surface area (Å²) in [5.41, 5.74) is 0. The SMILES string of the molecule is CC([O-])=N[C@H]1[C@H]([C@@H](O)[C@H](O)CO)O[C@@](O[C@H](CO)[C@@H](O)[C@@H]2O[C@@](OCC=O)(C(=O)O)C[C@H](O)[C@H]2N=C(C)[O-])(C(=O)O)C[C@@H]1O.[Na+].[Na+]. The smallest absolute Gasteiger partial charge is 0.862 e. The van der Waals surface area contributed by atoms with Crippen molar-refractivity contribution < 1.29 is 149 Å². The van der Waals surface area contributed by atoms with Gasteiger partial charge in [0, 0.05) is 12.8 Å². The summed E-state index contributed by atoms with van der Waals surface area (Å²) in [7, 11) is 0. The van der Waals surface area contributed by atoms with Crippen molar-refractivity contribution in [2.24, 2.45) is 9.98 Å². The summed E-state index contributed by atoms with van der Waals surface area (Å²) in [6, 6.07) is -3.45. The number of aliphatic imine (C=N–C) groups is 2. The molecule has 46 heavy (non-hydrogen) atoms. The standard InChI is InChI=1S/C24H38N2O18.2Na/c1-9(30)25-15-12(33)6-24(22(39)40,44-19(15)17(35)13(34)7-28)42-14(8-29)18(36)20-16(26-10(2)31)11(32)5-23(43-20,21(37)38)41-4-3-27;;/h3,11-20,28-29,32-36H,4-8H2,1-2H3,(H,25,30)(H,26,31)(H,37,38)(H,39,40);;/q;2*+1/p-2/t11-,12-,13+,14+,15+,16+,17-,18+,19+,20+,23+,24+;;/m0../s1. The van der Waals surface area contributed by atoms with Gasteiger partial charge in [-0.3, -0.25) is 9.98 Å². The van der Waals surface area contributed by atoms with Crippen LogP contribution in [0.5, 0.6) is 0 Å². The van der Waals surface area contributed by atoms with Gasteiger partial charge in [0.05, 0.1) is 25.4 Å². The summed E-state index contributed by atoms with van der Waals surface area (Å²) < 4.78 is 21.2. The van der Waals surface area contributed by atoms with Gasteiger partial charge in [-0.05, 0) is 25.6 Å². The summed E-state index contributed by atoms with van der Waals surface area (Å²) in [5, 5.41) is 116. The van der Waals surface area contributed by atoms with Gasteiger partial charge in [-0.2, -0.15) is 0 Å². The Morgan fingerprint density at radius 1 is 0.870 bits per heavy atom. The van der Waals surface area contributed by atoms with Crippen LogP contribution < -0.4 is 69.3 Å². The van der Waals surface area contributed by atoms with Crippen molar-refractivity contribution in [1.29, 1.82) is 0 Å². The van der Waals surface area contributed by atoms with Crippen molar-refractivity contribution in [1.82, 2.24) is 0 Å². The zero-order valence-corrected chi connectivity index (χ0v) is 29.5. The van der Waals surface area contributed by atoms with Crippen LogP contribution in [-0.2, 0) is 33.3 Å². The molecule has 2 heterocycles. The number of carboxylic acids is 2. The molecule has 2 aliphatic heterocycles. The third-order valence-electron chi connectivity index (χ3n) is 6.93. The van der Waals surface area contributed by atoms with Crippen molar-refractivity contribution in [2.45, 2.75) is 99.2 Å². The molecule has 0 radical (unpaired) electrons. The monoisotopic (exact) mass is 686 g/mol. The van der Waals surface area contributed by atoms with Gasteiger partial charge in [-0.15, -0.1) is 0 Å². The van der Waals surface area contributed by atoms with E-state index in [9.17, 15) is 70.6 Å². The zero-order chi connectivity index (χ0) is 33.6. The molecule has 2 aliphatic rings.